The Balaban J connectivity index is 1.69. The van der Waals surface area contributed by atoms with Crippen molar-refractivity contribution in [2.24, 2.45) is 17.3 Å². The van der Waals surface area contributed by atoms with Crippen molar-refractivity contribution >= 4 is 0 Å². The molecule has 4 rings (SSSR count). The van der Waals surface area contributed by atoms with Crippen molar-refractivity contribution in [1.29, 1.82) is 0 Å². The molecular formula is C19H26O3. The minimum Gasteiger partial charge on any atom is -0.497 e. The second-order valence-electron chi connectivity index (χ2n) is 7.77. The topological polar surface area (TPSA) is 49.7 Å². The van der Waals surface area contributed by atoms with Crippen molar-refractivity contribution in [2.45, 2.75) is 57.2 Å². The third kappa shape index (κ3) is 1.88. The molecule has 6 atom stereocenters. The normalized spacial score (nSPS) is 43.2. The van der Waals surface area contributed by atoms with E-state index < -0.39 is 12.2 Å². The molecule has 1 aromatic rings. The van der Waals surface area contributed by atoms with E-state index in [0.29, 0.717) is 17.8 Å². The third-order valence-electron chi connectivity index (χ3n) is 6.91. The highest BCUT2D eigenvalue weighted by Gasteiger charge is 2.57. The van der Waals surface area contributed by atoms with E-state index in [9.17, 15) is 10.2 Å². The zero-order valence-electron chi connectivity index (χ0n) is 13.5. The SMILES string of the molecule is COc1ccc2c(c1)CC[C@H]1[C@@H]2CC[C@]2(C)[C@@H](O)[C@@H](O)C[C@@H]12. The van der Waals surface area contributed by atoms with E-state index in [1.807, 2.05) is 0 Å². The summed E-state index contributed by atoms with van der Waals surface area (Å²) < 4.78 is 5.36. The van der Waals surface area contributed by atoms with Gasteiger partial charge in [0.25, 0.3) is 0 Å². The quantitative estimate of drug-likeness (QED) is 0.838. The first kappa shape index (κ1) is 14.5. The number of hydrogen-bond donors (Lipinski definition) is 2. The summed E-state index contributed by atoms with van der Waals surface area (Å²) in [5.41, 5.74) is 2.82. The maximum Gasteiger partial charge on any atom is 0.119 e. The smallest absolute Gasteiger partial charge is 0.119 e. The molecule has 3 aliphatic carbocycles. The Hall–Kier alpha value is -1.06. The first-order valence-electron chi connectivity index (χ1n) is 8.57. The Bertz CT molecular complexity index is 584. The number of ether oxygens (including phenoxy) is 1. The number of hydrogen-bond acceptors (Lipinski definition) is 3. The molecule has 1 aromatic carbocycles. The summed E-state index contributed by atoms with van der Waals surface area (Å²) in [6.45, 7) is 2.19. The van der Waals surface area contributed by atoms with E-state index in [1.165, 1.54) is 17.5 Å². The number of rotatable bonds is 1. The summed E-state index contributed by atoms with van der Waals surface area (Å²) in [5.74, 6) is 2.59. The molecule has 0 aromatic heterocycles. The Morgan fingerprint density at radius 2 is 2.05 bits per heavy atom. The van der Waals surface area contributed by atoms with Crippen LogP contribution in [0.15, 0.2) is 18.2 Å². The molecule has 3 heteroatoms. The standard InChI is InChI=1S/C19H26O3/c1-19-8-7-14-13-6-4-12(22-2)9-11(13)3-5-15(14)16(19)10-17(20)18(19)21/h4,6,9,14-18,20-21H,3,5,7-8,10H2,1-2H3/t14-,15+,16+,17+,18+,19+/m1/s1. The van der Waals surface area contributed by atoms with Gasteiger partial charge in [-0.2, -0.15) is 0 Å². The van der Waals surface area contributed by atoms with Crippen molar-refractivity contribution < 1.29 is 14.9 Å². The summed E-state index contributed by atoms with van der Waals surface area (Å²) in [6.07, 6.45) is 4.09. The fraction of sp³-hybridized carbons (Fsp3) is 0.684. The Kier molecular flexibility index (Phi) is 3.28. The van der Waals surface area contributed by atoms with Crippen LogP contribution in [-0.4, -0.2) is 29.5 Å². The maximum absolute atomic E-state index is 10.4. The molecule has 120 valence electrons. The molecule has 0 bridgehead atoms. The number of methoxy groups -OCH3 is 1. The van der Waals surface area contributed by atoms with Gasteiger partial charge in [0.2, 0.25) is 0 Å². The van der Waals surface area contributed by atoms with Crippen LogP contribution in [-0.2, 0) is 6.42 Å². The summed E-state index contributed by atoms with van der Waals surface area (Å²) in [5, 5.41) is 20.6. The van der Waals surface area contributed by atoms with Crippen molar-refractivity contribution in [2.75, 3.05) is 7.11 Å². The van der Waals surface area contributed by atoms with Crippen molar-refractivity contribution in [3.05, 3.63) is 29.3 Å². The fourth-order valence-electron chi connectivity index (χ4n) is 5.67. The molecule has 0 spiro atoms. The molecule has 3 aliphatic rings. The summed E-state index contributed by atoms with van der Waals surface area (Å²) in [7, 11) is 1.72. The first-order chi connectivity index (χ1) is 10.5. The first-order valence-corrected chi connectivity index (χ1v) is 8.57. The number of aryl methyl sites for hydroxylation is 1. The molecule has 0 saturated heterocycles. The predicted molar refractivity (Wildman–Crippen MR) is 85.0 cm³/mol. The van der Waals surface area contributed by atoms with E-state index in [-0.39, 0.29) is 5.41 Å². The minimum atomic E-state index is -0.546. The summed E-state index contributed by atoms with van der Waals surface area (Å²) >= 11 is 0. The highest BCUT2D eigenvalue weighted by atomic mass is 16.5. The molecule has 22 heavy (non-hydrogen) atoms. The number of benzene rings is 1. The molecule has 0 radical (unpaired) electrons. The van der Waals surface area contributed by atoms with Crippen LogP contribution in [0.4, 0.5) is 0 Å². The second kappa shape index (κ2) is 4.97. The molecule has 0 aliphatic heterocycles. The highest BCUT2D eigenvalue weighted by Crippen LogP contribution is 2.60. The Morgan fingerprint density at radius 1 is 1.23 bits per heavy atom. The lowest BCUT2D eigenvalue weighted by atomic mass is 9.55. The van der Waals surface area contributed by atoms with Crippen LogP contribution in [0.5, 0.6) is 5.75 Å². The van der Waals surface area contributed by atoms with Gasteiger partial charge in [0.05, 0.1) is 19.3 Å². The Morgan fingerprint density at radius 3 is 2.82 bits per heavy atom. The molecule has 0 unspecified atom stereocenters. The number of aliphatic hydroxyl groups is 2. The molecular weight excluding hydrogens is 276 g/mol. The zero-order chi connectivity index (χ0) is 15.5. The van der Waals surface area contributed by atoms with Gasteiger partial charge in [-0.3, -0.25) is 0 Å². The van der Waals surface area contributed by atoms with Crippen LogP contribution in [0, 0.1) is 17.3 Å². The Labute approximate surface area is 132 Å². The van der Waals surface area contributed by atoms with Crippen LogP contribution >= 0.6 is 0 Å². The van der Waals surface area contributed by atoms with Gasteiger partial charge in [0.1, 0.15) is 5.75 Å². The number of fused-ring (bicyclic) bond motifs is 5. The molecule has 2 N–H and O–H groups in total. The van der Waals surface area contributed by atoms with E-state index in [2.05, 4.69) is 25.1 Å². The maximum atomic E-state index is 10.4. The van der Waals surface area contributed by atoms with Crippen LogP contribution < -0.4 is 4.74 Å². The highest BCUT2D eigenvalue weighted by molar-refractivity contribution is 5.40. The van der Waals surface area contributed by atoms with Gasteiger partial charge in [-0.1, -0.05) is 13.0 Å². The van der Waals surface area contributed by atoms with Gasteiger partial charge >= 0.3 is 0 Å². The second-order valence-corrected chi connectivity index (χ2v) is 7.77. The zero-order valence-corrected chi connectivity index (χ0v) is 13.5. The van der Waals surface area contributed by atoms with Crippen molar-refractivity contribution in [3.8, 4) is 5.75 Å². The van der Waals surface area contributed by atoms with Gasteiger partial charge in [-0.15, -0.1) is 0 Å². The summed E-state index contributed by atoms with van der Waals surface area (Å²) in [6, 6.07) is 6.51. The van der Waals surface area contributed by atoms with Crippen LogP contribution in [0.1, 0.15) is 49.7 Å². The van der Waals surface area contributed by atoms with Crippen LogP contribution in [0.25, 0.3) is 0 Å². The molecule has 2 saturated carbocycles. The van der Waals surface area contributed by atoms with E-state index in [4.69, 9.17) is 4.74 Å². The molecule has 0 amide bonds. The van der Waals surface area contributed by atoms with Gasteiger partial charge in [0, 0.05) is 0 Å². The lowest BCUT2D eigenvalue weighted by Crippen LogP contribution is -2.44. The molecule has 2 fully saturated rings. The van der Waals surface area contributed by atoms with E-state index >= 15 is 0 Å². The minimum absolute atomic E-state index is 0.0927. The fourth-order valence-corrected chi connectivity index (χ4v) is 5.67. The largest absolute Gasteiger partial charge is 0.497 e. The lowest BCUT2D eigenvalue weighted by Gasteiger charge is -2.49. The van der Waals surface area contributed by atoms with Crippen LogP contribution in [0.3, 0.4) is 0 Å². The van der Waals surface area contributed by atoms with Crippen molar-refractivity contribution in [3.63, 3.8) is 0 Å². The molecule has 3 nitrogen and oxygen atoms in total. The van der Waals surface area contributed by atoms with Gasteiger partial charge < -0.3 is 14.9 Å². The monoisotopic (exact) mass is 302 g/mol. The lowest BCUT2D eigenvalue weighted by molar-refractivity contribution is -0.0505. The average molecular weight is 302 g/mol. The van der Waals surface area contributed by atoms with Gasteiger partial charge in [-0.05, 0) is 78.5 Å². The van der Waals surface area contributed by atoms with Gasteiger partial charge in [-0.25, -0.2) is 0 Å². The predicted octanol–water partition coefficient (Wildman–Crippen LogP) is 2.88. The van der Waals surface area contributed by atoms with E-state index in [1.54, 1.807) is 7.11 Å². The van der Waals surface area contributed by atoms with E-state index in [0.717, 1.165) is 31.4 Å². The van der Waals surface area contributed by atoms with Gasteiger partial charge in [0.15, 0.2) is 0 Å². The summed E-state index contributed by atoms with van der Waals surface area (Å²) in [4.78, 5) is 0. The average Bonchev–Trinajstić information content (AvgIpc) is 2.77. The number of aliphatic hydroxyl groups excluding tert-OH is 2. The third-order valence-corrected chi connectivity index (χ3v) is 6.91. The van der Waals surface area contributed by atoms with Crippen molar-refractivity contribution in [1.82, 2.24) is 0 Å². The van der Waals surface area contributed by atoms with Crippen LogP contribution in [0.2, 0.25) is 0 Å². The molecule has 0 heterocycles.